The number of allylic oxidation sites excluding steroid dienone is 8. The van der Waals surface area contributed by atoms with Gasteiger partial charge in [0, 0.05) is 0 Å². The molecule has 0 spiro atoms. The fourth-order valence-corrected chi connectivity index (χ4v) is 21.2. The van der Waals surface area contributed by atoms with E-state index in [2.05, 4.69) is 49.6 Å². The summed E-state index contributed by atoms with van der Waals surface area (Å²) in [7, 11) is 0. The maximum absolute atomic E-state index is 2.55. The number of rotatable bonds is 3. The van der Waals surface area contributed by atoms with E-state index in [0.717, 1.165) is 0 Å². The van der Waals surface area contributed by atoms with Gasteiger partial charge in [-0.25, -0.2) is 0 Å². The Labute approximate surface area is 107 Å². The molecule has 0 radical (unpaired) electrons. The van der Waals surface area contributed by atoms with Gasteiger partial charge in [-0.3, -0.25) is 0 Å². The molecular weight excluding hydrogens is 299 g/mol. The van der Waals surface area contributed by atoms with Crippen LogP contribution < -0.4 is 0 Å². The second kappa shape index (κ2) is 6.18. The summed E-state index contributed by atoms with van der Waals surface area (Å²) in [6.45, 7) is 5.10. The average molecular weight is 317 g/mol. The van der Waals surface area contributed by atoms with Crippen molar-refractivity contribution in [3.8, 4) is 0 Å². The summed E-state index contributed by atoms with van der Waals surface area (Å²) in [5.41, 5.74) is 0. The van der Waals surface area contributed by atoms with Crippen LogP contribution in [0.2, 0.25) is 13.1 Å². The minimum atomic E-state index is -1.29. The zero-order chi connectivity index (χ0) is 9.97. The molecule has 2 aliphatic rings. The number of halogens is 1. The van der Waals surface area contributed by atoms with Crippen molar-refractivity contribution in [2.45, 2.75) is 25.9 Å². The molecule has 0 atom stereocenters. The SMILES string of the molecule is C[SiH](C)[Zr]([C]1=CC=CC1)[C]1=CC=CC1.Cl. The van der Waals surface area contributed by atoms with Gasteiger partial charge in [-0.05, 0) is 0 Å². The van der Waals surface area contributed by atoms with Gasteiger partial charge in [-0.1, -0.05) is 0 Å². The molecule has 2 aliphatic carbocycles. The topological polar surface area (TPSA) is 0 Å². The van der Waals surface area contributed by atoms with Crippen LogP contribution in [0.3, 0.4) is 0 Å². The number of hydrogen-bond donors (Lipinski definition) is 0. The summed E-state index contributed by atoms with van der Waals surface area (Å²) < 4.78 is 3.70. The van der Waals surface area contributed by atoms with Gasteiger partial charge in [0.1, 0.15) is 0 Å². The molecule has 0 N–H and O–H groups in total. The van der Waals surface area contributed by atoms with Crippen LogP contribution in [0.4, 0.5) is 0 Å². The van der Waals surface area contributed by atoms with Gasteiger partial charge in [0.15, 0.2) is 0 Å². The first-order valence-electron chi connectivity index (χ1n) is 5.38. The van der Waals surface area contributed by atoms with Gasteiger partial charge >= 0.3 is 95.8 Å². The largest absolute Gasteiger partial charge is 0.147 e. The number of hydrogen-bond acceptors (Lipinski definition) is 0. The normalized spacial score (nSPS) is 17.8. The third kappa shape index (κ3) is 3.15. The van der Waals surface area contributed by atoms with Crippen molar-refractivity contribution >= 4 is 18.3 Å². The van der Waals surface area contributed by atoms with Crippen LogP contribution in [0.5, 0.6) is 0 Å². The van der Waals surface area contributed by atoms with Crippen molar-refractivity contribution in [3.63, 3.8) is 0 Å². The summed E-state index contributed by atoms with van der Waals surface area (Å²) in [5, 5.41) is 0. The minimum Gasteiger partial charge on any atom is -0.147 e. The fourth-order valence-electron chi connectivity index (χ4n) is 2.24. The van der Waals surface area contributed by atoms with Gasteiger partial charge in [-0.15, -0.1) is 12.4 Å². The van der Waals surface area contributed by atoms with Crippen LogP contribution >= 0.6 is 12.4 Å². The molecule has 0 amide bonds. The van der Waals surface area contributed by atoms with Crippen molar-refractivity contribution in [3.05, 3.63) is 43.0 Å². The molecular formula is C12H18ClSiZr. The molecule has 0 saturated heterocycles. The van der Waals surface area contributed by atoms with E-state index in [1.165, 1.54) is 12.8 Å². The molecule has 2 rings (SSSR count). The third-order valence-corrected chi connectivity index (χ3v) is 22.1. The average Bonchev–Trinajstić information content (AvgIpc) is 2.75. The second-order valence-electron chi connectivity index (χ2n) is 4.22. The molecule has 15 heavy (non-hydrogen) atoms. The van der Waals surface area contributed by atoms with Crippen LogP contribution in [-0.4, -0.2) is 5.92 Å². The molecule has 0 unspecified atom stereocenters. The van der Waals surface area contributed by atoms with Gasteiger partial charge in [0.25, 0.3) is 0 Å². The Kier molecular flexibility index (Phi) is 5.52. The molecule has 0 aromatic rings. The van der Waals surface area contributed by atoms with Crippen molar-refractivity contribution in [1.82, 2.24) is 0 Å². The minimum absolute atomic E-state index is 0. The molecule has 81 valence electrons. The Balaban J connectivity index is 0.00000112. The Bertz CT molecular complexity index is 310. The summed E-state index contributed by atoms with van der Waals surface area (Å²) in [4.78, 5) is 0. The Morgan fingerprint density at radius 3 is 1.73 bits per heavy atom. The standard InChI is InChI=1S/2C5H5.C2H7Si.ClH.Zr/c2*1-2-4-5-3-1;1-3-2;;/h2*1-3H,4H2;3H,1-2H3;1H;. The predicted octanol–water partition coefficient (Wildman–Crippen LogP) is 3.70. The molecule has 3 heteroatoms. The van der Waals surface area contributed by atoms with Crippen molar-refractivity contribution in [2.24, 2.45) is 0 Å². The van der Waals surface area contributed by atoms with E-state index in [4.69, 9.17) is 0 Å². The smallest absolute Gasteiger partial charge is 0.147 e. The maximum Gasteiger partial charge on any atom is -0.147 e. The first kappa shape index (κ1) is 13.4. The molecule has 0 bridgehead atoms. The summed E-state index contributed by atoms with van der Waals surface area (Å²) in [6.07, 6.45) is 16.6. The van der Waals surface area contributed by atoms with Gasteiger partial charge in [0.2, 0.25) is 0 Å². The van der Waals surface area contributed by atoms with Crippen LogP contribution in [0, 0.1) is 0 Å². The molecule has 0 fully saturated rings. The maximum atomic E-state index is 2.55. The Morgan fingerprint density at radius 2 is 1.47 bits per heavy atom. The Morgan fingerprint density at radius 1 is 1.00 bits per heavy atom. The van der Waals surface area contributed by atoms with Gasteiger partial charge in [0.05, 0.1) is 0 Å². The monoisotopic (exact) mass is 315 g/mol. The van der Waals surface area contributed by atoms with Crippen LogP contribution in [-0.2, 0) is 20.9 Å². The summed E-state index contributed by atoms with van der Waals surface area (Å²) in [6, 6.07) is 0. The molecule has 0 aliphatic heterocycles. The molecule has 0 aromatic heterocycles. The van der Waals surface area contributed by atoms with Crippen molar-refractivity contribution < 1.29 is 20.9 Å². The van der Waals surface area contributed by atoms with Gasteiger partial charge < -0.3 is 0 Å². The van der Waals surface area contributed by atoms with E-state index in [9.17, 15) is 0 Å². The van der Waals surface area contributed by atoms with E-state index < -0.39 is 26.8 Å². The quantitative estimate of drug-likeness (QED) is 0.697. The van der Waals surface area contributed by atoms with E-state index in [0.29, 0.717) is 0 Å². The van der Waals surface area contributed by atoms with Crippen molar-refractivity contribution in [2.75, 3.05) is 0 Å². The van der Waals surface area contributed by atoms with E-state index in [1.54, 1.807) is 0 Å². The molecule has 0 nitrogen and oxygen atoms in total. The molecule has 0 saturated carbocycles. The van der Waals surface area contributed by atoms with Crippen molar-refractivity contribution in [1.29, 1.82) is 0 Å². The summed E-state index contributed by atoms with van der Waals surface area (Å²) >= 11 is -1.29. The zero-order valence-electron chi connectivity index (χ0n) is 9.36. The molecule has 0 aromatic carbocycles. The van der Waals surface area contributed by atoms with Crippen LogP contribution in [0.15, 0.2) is 43.0 Å². The van der Waals surface area contributed by atoms with E-state index in [1.807, 2.05) is 6.56 Å². The summed E-state index contributed by atoms with van der Waals surface area (Å²) in [5.74, 6) is -0.412. The predicted molar refractivity (Wildman–Crippen MR) is 69.8 cm³/mol. The molecule has 0 heterocycles. The second-order valence-corrected chi connectivity index (χ2v) is 23.6. The third-order valence-electron chi connectivity index (χ3n) is 2.81. The Hall–Kier alpha value is 0.350. The van der Waals surface area contributed by atoms with Crippen LogP contribution in [0.1, 0.15) is 12.8 Å². The van der Waals surface area contributed by atoms with Crippen LogP contribution in [0.25, 0.3) is 0 Å². The van der Waals surface area contributed by atoms with E-state index in [-0.39, 0.29) is 12.4 Å². The van der Waals surface area contributed by atoms with E-state index >= 15 is 0 Å². The first-order chi connectivity index (χ1) is 6.79. The first-order valence-corrected chi connectivity index (χ1v) is 15.0. The van der Waals surface area contributed by atoms with Gasteiger partial charge in [-0.2, -0.15) is 0 Å². The fraction of sp³-hybridized carbons (Fsp3) is 0.333. The zero-order valence-corrected chi connectivity index (χ0v) is 13.8.